The zero-order valence-electron chi connectivity index (χ0n) is 14.2. The summed E-state index contributed by atoms with van der Waals surface area (Å²) >= 11 is 0. The van der Waals surface area contributed by atoms with E-state index in [9.17, 15) is 4.79 Å². The summed E-state index contributed by atoms with van der Waals surface area (Å²) in [6, 6.07) is 12.3. The van der Waals surface area contributed by atoms with E-state index in [0.29, 0.717) is 6.42 Å². The van der Waals surface area contributed by atoms with Gasteiger partial charge in [-0.3, -0.25) is 9.78 Å². The van der Waals surface area contributed by atoms with Crippen LogP contribution in [0.5, 0.6) is 0 Å². The molecule has 4 nitrogen and oxygen atoms in total. The van der Waals surface area contributed by atoms with Crippen LogP contribution in [0.25, 0.3) is 10.9 Å². The number of para-hydroxylation sites is 1. The molecule has 3 rings (SSSR count). The summed E-state index contributed by atoms with van der Waals surface area (Å²) in [4.78, 5) is 21.6. The molecule has 1 amide bonds. The van der Waals surface area contributed by atoms with Crippen molar-refractivity contribution in [3.8, 4) is 0 Å². The van der Waals surface area contributed by atoms with Gasteiger partial charge in [0.05, 0.1) is 0 Å². The molecule has 4 heteroatoms. The van der Waals surface area contributed by atoms with Gasteiger partial charge in [0.2, 0.25) is 5.91 Å². The molecule has 0 aliphatic heterocycles. The highest BCUT2D eigenvalue weighted by Crippen LogP contribution is 2.23. The molecule has 24 heavy (non-hydrogen) atoms. The number of nitrogens with zero attached hydrogens (tertiary/aromatic N) is 2. The maximum atomic E-state index is 12.4. The number of aromatic nitrogens is 2. The van der Waals surface area contributed by atoms with Crippen LogP contribution in [-0.2, 0) is 17.6 Å². The zero-order valence-corrected chi connectivity index (χ0v) is 14.2. The number of nitrogens with one attached hydrogen (secondary N) is 1. The molecular weight excluding hydrogens is 298 g/mol. The lowest BCUT2D eigenvalue weighted by molar-refractivity contribution is -0.129. The van der Waals surface area contributed by atoms with E-state index in [2.05, 4.69) is 29.0 Å². The molecule has 0 atom stereocenters. The molecule has 0 fully saturated rings. The Hall–Kier alpha value is -2.62. The van der Waals surface area contributed by atoms with Gasteiger partial charge >= 0.3 is 0 Å². The molecule has 0 aliphatic rings. The molecule has 2 aromatic heterocycles. The van der Waals surface area contributed by atoms with Crippen molar-refractivity contribution in [3.63, 3.8) is 0 Å². The number of hydrogen-bond acceptors (Lipinski definition) is 2. The van der Waals surface area contributed by atoms with E-state index in [1.54, 1.807) is 12.4 Å². The van der Waals surface area contributed by atoms with E-state index >= 15 is 0 Å². The van der Waals surface area contributed by atoms with Crippen LogP contribution in [0.15, 0.2) is 48.8 Å². The Kier molecular flexibility index (Phi) is 4.94. The second-order valence-corrected chi connectivity index (χ2v) is 6.19. The number of aromatic amines is 1. The number of benzene rings is 1. The van der Waals surface area contributed by atoms with E-state index < -0.39 is 0 Å². The average molecular weight is 321 g/mol. The number of carbonyl (C=O) groups is 1. The van der Waals surface area contributed by atoms with Crippen molar-refractivity contribution in [1.29, 1.82) is 0 Å². The predicted octanol–water partition coefficient (Wildman–Crippen LogP) is 3.51. The van der Waals surface area contributed by atoms with Gasteiger partial charge in [0.15, 0.2) is 0 Å². The monoisotopic (exact) mass is 321 g/mol. The smallest absolute Gasteiger partial charge is 0.222 e. The number of H-pyrrole nitrogens is 1. The van der Waals surface area contributed by atoms with Gasteiger partial charge in [0, 0.05) is 49.0 Å². The van der Waals surface area contributed by atoms with Crippen molar-refractivity contribution in [2.45, 2.75) is 26.2 Å². The second-order valence-electron chi connectivity index (χ2n) is 6.19. The van der Waals surface area contributed by atoms with Gasteiger partial charge in [-0.25, -0.2) is 0 Å². The Balaban J connectivity index is 1.57. The summed E-state index contributed by atoms with van der Waals surface area (Å²) in [6.45, 7) is 2.81. The Bertz CT molecular complexity index is 823. The van der Waals surface area contributed by atoms with Gasteiger partial charge in [0.25, 0.3) is 0 Å². The lowest BCUT2D eigenvalue weighted by Gasteiger charge is -2.17. The molecule has 0 saturated carbocycles. The average Bonchev–Trinajstić information content (AvgIpc) is 2.93. The number of rotatable bonds is 6. The fourth-order valence-electron chi connectivity index (χ4n) is 3.05. The fraction of sp³-hybridized carbons (Fsp3) is 0.300. The minimum Gasteiger partial charge on any atom is -0.358 e. The normalized spacial score (nSPS) is 10.9. The largest absolute Gasteiger partial charge is 0.358 e. The number of hydrogen-bond donors (Lipinski definition) is 1. The maximum absolute atomic E-state index is 12.4. The highest BCUT2D eigenvalue weighted by atomic mass is 16.2. The van der Waals surface area contributed by atoms with Crippen LogP contribution in [0.1, 0.15) is 23.2 Å². The van der Waals surface area contributed by atoms with E-state index in [1.807, 2.05) is 36.2 Å². The highest BCUT2D eigenvalue weighted by molar-refractivity contribution is 5.85. The first-order chi connectivity index (χ1) is 11.6. The molecule has 3 aromatic rings. The number of fused-ring (bicyclic) bond motifs is 1. The zero-order chi connectivity index (χ0) is 16.9. The maximum Gasteiger partial charge on any atom is 0.222 e. The highest BCUT2D eigenvalue weighted by Gasteiger charge is 2.13. The van der Waals surface area contributed by atoms with Gasteiger partial charge in [-0.15, -0.1) is 0 Å². The summed E-state index contributed by atoms with van der Waals surface area (Å²) in [7, 11) is 1.88. The summed E-state index contributed by atoms with van der Waals surface area (Å²) in [5, 5.41) is 1.22. The second kappa shape index (κ2) is 7.30. The topological polar surface area (TPSA) is 49.0 Å². The van der Waals surface area contributed by atoms with Crippen LogP contribution < -0.4 is 0 Å². The molecule has 0 spiro atoms. The standard InChI is InChI=1S/C20H23N3O/c1-15-17(18-5-3-4-6-19(18)22-15)7-8-20(24)23(2)14-11-16-9-12-21-13-10-16/h3-6,9-10,12-13,22H,7-8,11,14H2,1-2H3. The quantitative estimate of drug-likeness (QED) is 0.755. The van der Waals surface area contributed by atoms with Gasteiger partial charge in [-0.2, -0.15) is 0 Å². The minimum atomic E-state index is 0.189. The Labute approximate surface area is 142 Å². The van der Waals surface area contributed by atoms with Crippen LogP contribution in [-0.4, -0.2) is 34.4 Å². The third-order valence-corrected chi connectivity index (χ3v) is 4.53. The number of likely N-dealkylation sites (N-methyl/N-ethyl adjacent to an activating group) is 1. The van der Waals surface area contributed by atoms with Crippen molar-refractivity contribution in [3.05, 3.63) is 65.6 Å². The molecule has 0 bridgehead atoms. The van der Waals surface area contributed by atoms with Crippen LogP contribution in [0.2, 0.25) is 0 Å². The van der Waals surface area contributed by atoms with E-state index in [0.717, 1.165) is 30.6 Å². The lowest BCUT2D eigenvalue weighted by Crippen LogP contribution is -2.29. The first-order valence-corrected chi connectivity index (χ1v) is 8.34. The van der Waals surface area contributed by atoms with Crippen molar-refractivity contribution in [2.75, 3.05) is 13.6 Å². The minimum absolute atomic E-state index is 0.189. The third-order valence-electron chi connectivity index (χ3n) is 4.53. The molecule has 0 radical (unpaired) electrons. The van der Waals surface area contributed by atoms with Gasteiger partial charge < -0.3 is 9.88 Å². The summed E-state index contributed by atoms with van der Waals surface area (Å²) in [5.74, 6) is 0.189. The molecule has 1 N–H and O–H groups in total. The molecule has 0 aliphatic carbocycles. The van der Waals surface area contributed by atoms with Crippen LogP contribution in [0, 0.1) is 6.92 Å². The van der Waals surface area contributed by atoms with Gasteiger partial charge in [0.1, 0.15) is 0 Å². The SMILES string of the molecule is Cc1[nH]c2ccccc2c1CCC(=O)N(C)CCc1ccncc1. The first-order valence-electron chi connectivity index (χ1n) is 8.34. The Morgan fingerprint density at radius 1 is 1.12 bits per heavy atom. The van der Waals surface area contributed by atoms with E-state index in [4.69, 9.17) is 0 Å². The Morgan fingerprint density at radius 3 is 2.67 bits per heavy atom. The molecule has 124 valence electrons. The first kappa shape index (κ1) is 16.2. The predicted molar refractivity (Wildman–Crippen MR) is 96.9 cm³/mol. The van der Waals surface area contributed by atoms with Crippen molar-refractivity contribution in [1.82, 2.24) is 14.9 Å². The van der Waals surface area contributed by atoms with E-state index in [-0.39, 0.29) is 5.91 Å². The molecular formula is C20H23N3O. The number of carbonyl (C=O) groups excluding carboxylic acids is 1. The molecule has 1 aromatic carbocycles. The summed E-state index contributed by atoms with van der Waals surface area (Å²) < 4.78 is 0. The van der Waals surface area contributed by atoms with Crippen molar-refractivity contribution < 1.29 is 4.79 Å². The number of amides is 1. The lowest BCUT2D eigenvalue weighted by atomic mass is 10.1. The van der Waals surface area contributed by atoms with Crippen molar-refractivity contribution >= 4 is 16.8 Å². The molecule has 0 saturated heterocycles. The molecule has 0 unspecified atom stereocenters. The van der Waals surface area contributed by atoms with Gasteiger partial charge in [-0.05, 0) is 49.1 Å². The molecule has 2 heterocycles. The number of pyridine rings is 1. The summed E-state index contributed by atoms with van der Waals surface area (Å²) in [6.07, 6.45) is 5.74. The van der Waals surface area contributed by atoms with E-state index in [1.165, 1.54) is 16.5 Å². The van der Waals surface area contributed by atoms with Gasteiger partial charge in [-0.1, -0.05) is 18.2 Å². The summed E-state index contributed by atoms with van der Waals surface area (Å²) in [5.41, 5.74) is 4.76. The number of aryl methyl sites for hydroxylation is 2. The van der Waals surface area contributed by atoms with Crippen LogP contribution in [0.4, 0.5) is 0 Å². The van der Waals surface area contributed by atoms with Crippen LogP contribution in [0.3, 0.4) is 0 Å². The van der Waals surface area contributed by atoms with Crippen molar-refractivity contribution in [2.24, 2.45) is 0 Å². The van der Waals surface area contributed by atoms with Crippen LogP contribution >= 0.6 is 0 Å². The Morgan fingerprint density at radius 2 is 1.88 bits per heavy atom. The third kappa shape index (κ3) is 3.65. The fourth-order valence-corrected chi connectivity index (χ4v) is 3.05.